The first kappa shape index (κ1) is 12.5. The third-order valence-corrected chi connectivity index (χ3v) is 3.65. The molecule has 0 aliphatic carbocycles. The molecule has 98 valence electrons. The van der Waals surface area contributed by atoms with Gasteiger partial charge in [-0.1, -0.05) is 11.6 Å². The molecule has 3 rings (SSSR count). The number of pyridine rings is 1. The summed E-state index contributed by atoms with van der Waals surface area (Å²) >= 11 is 5.96. The van der Waals surface area contributed by atoms with Crippen LogP contribution in [0.15, 0.2) is 37.1 Å². The van der Waals surface area contributed by atoms with Crippen LogP contribution in [-0.4, -0.2) is 32.9 Å². The van der Waals surface area contributed by atoms with Crippen LogP contribution in [0.5, 0.6) is 0 Å². The summed E-state index contributed by atoms with van der Waals surface area (Å²) < 4.78 is 0. The van der Waals surface area contributed by atoms with Crippen molar-refractivity contribution in [2.45, 2.75) is 18.9 Å². The summed E-state index contributed by atoms with van der Waals surface area (Å²) in [4.78, 5) is 15.1. The van der Waals surface area contributed by atoms with E-state index in [2.05, 4.69) is 19.9 Å². The van der Waals surface area contributed by atoms with Crippen LogP contribution >= 0.6 is 11.6 Å². The van der Waals surface area contributed by atoms with Gasteiger partial charge in [0.05, 0.1) is 10.7 Å². The molecule has 5 heteroatoms. The smallest absolute Gasteiger partial charge is 0.0630 e. The monoisotopic (exact) mass is 274 g/mol. The van der Waals surface area contributed by atoms with E-state index in [0.29, 0.717) is 10.9 Å². The molecule has 0 amide bonds. The second-order valence-electron chi connectivity index (χ2n) is 4.86. The van der Waals surface area contributed by atoms with Gasteiger partial charge < -0.3 is 0 Å². The Morgan fingerprint density at radius 2 is 2.16 bits per heavy atom. The molecule has 2 aromatic heterocycles. The van der Waals surface area contributed by atoms with Crippen LogP contribution < -0.4 is 0 Å². The highest BCUT2D eigenvalue weighted by molar-refractivity contribution is 6.30. The van der Waals surface area contributed by atoms with E-state index in [9.17, 15) is 0 Å². The fourth-order valence-electron chi connectivity index (χ4n) is 2.54. The third-order valence-electron chi connectivity index (χ3n) is 3.44. The van der Waals surface area contributed by atoms with Crippen molar-refractivity contribution >= 4 is 11.6 Å². The molecule has 19 heavy (non-hydrogen) atoms. The van der Waals surface area contributed by atoms with Gasteiger partial charge in [-0.3, -0.25) is 19.9 Å². The topological polar surface area (TPSA) is 41.9 Å². The molecule has 1 atom stereocenters. The lowest BCUT2D eigenvalue weighted by Gasteiger charge is -2.15. The summed E-state index contributed by atoms with van der Waals surface area (Å²) in [5.74, 6) is 0.487. The van der Waals surface area contributed by atoms with Crippen LogP contribution in [0, 0.1) is 0 Å². The van der Waals surface area contributed by atoms with Crippen LogP contribution in [0.3, 0.4) is 0 Å². The van der Waals surface area contributed by atoms with Gasteiger partial charge in [-0.15, -0.1) is 0 Å². The Balaban J connectivity index is 1.63. The highest BCUT2D eigenvalue weighted by Gasteiger charge is 2.24. The van der Waals surface area contributed by atoms with Crippen LogP contribution in [0.4, 0.5) is 0 Å². The number of aromatic nitrogens is 3. The second kappa shape index (κ2) is 5.63. The maximum absolute atomic E-state index is 5.96. The maximum atomic E-state index is 5.96. The van der Waals surface area contributed by atoms with E-state index in [1.165, 1.54) is 0 Å². The summed E-state index contributed by atoms with van der Waals surface area (Å²) in [6.45, 7) is 2.99. The molecular formula is C14H15ClN4. The predicted octanol–water partition coefficient (Wildman–Crippen LogP) is 2.51. The SMILES string of the molecule is Clc1cncc(CN2CCC(c3cnccn3)C2)c1. The Morgan fingerprint density at radius 1 is 1.21 bits per heavy atom. The number of hydrogen-bond donors (Lipinski definition) is 0. The van der Waals surface area contributed by atoms with E-state index in [-0.39, 0.29) is 0 Å². The Kier molecular flexibility index (Phi) is 3.71. The summed E-state index contributed by atoms with van der Waals surface area (Å²) in [6.07, 6.45) is 10.0. The van der Waals surface area contributed by atoms with E-state index in [4.69, 9.17) is 11.6 Å². The van der Waals surface area contributed by atoms with Gasteiger partial charge in [0, 0.05) is 50.0 Å². The molecule has 1 aliphatic heterocycles. The molecule has 1 aliphatic rings. The first-order valence-corrected chi connectivity index (χ1v) is 6.77. The predicted molar refractivity (Wildman–Crippen MR) is 73.9 cm³/mol. The van der Waals surface area contributed by atoms with E-state index < -0.39 is 0 Å². The largest absolute Gasteiger partial charge is 0.298 e. The highest BCUT2D eigenvalue weighted by Crippen LogP contribution is 2.26. The zero-order chi connectivity index (χ0) is 13.1. The van der Waals surface area contributed by atoms with Gasteiger partial charge in [-0.25, -0.2) is 0 Å². The fourth-order valence-corrected chi connectivity index (χ4v) is 2.74. The lowest BCUT2D eigenvalue weighted by atomic mass is 10.1. The molecule has 1 unspecified atom stereocenters. The molecule has 0 saturated carbocycles. The van der Waals surface area contributed by atoms with E-state index in [1.807, 2.05) is 18.5 Å². The lowest BCUT2D eigenvalue weighted by Crippen LogP contribution is -2.20. The van der Waals surface area contributed by atoms with Crippen LogP contribution in [0.1, 0.15) is 23.6 Å². The van der Waals surface area contributed by atoms with Gasteiger partial charge in [0.25, 0.3) is 0 Å². The van der Waals surface area contributed by atoms with Crippen molar-refractivity contribution in [1.82, 2.24) is 19.9 Å². The van der Waals surface area contributed by atoms with Crippen molar-refractivity contribution in [2.24, 2.45) is 0 Å². The molecule has 0 N–H and O–H groups in total. The fraction of sp³-hybridized carbons (Fsp3) is 0.357. The van der Waals surface area contributed by atoms with Gasteiger partial charge in [0.15, 0.2) is 0 Å². The van der Waals surface area contributed by atoms with Crippen molar-refractivity contribution in [3.05, 3.63) is 53.3 Å². The summed E-state index contributed by atoms with van der Waals surface area (Å²) in [5, 5.41) is 0.696. The van der Waals surface area contributed by atoms with E-state index in [1.54, 1.807) is 18.6 Å². The molecule has 0 radical (unpaired) electrons. The Labute approximate surface area is 117 Å². The Hall–Kier alpha value is -1.52. The number of likely N-dealkylation sites (tertiary alicyclic amines) is 1. The van der Waals surface area contributed by atoms with Crippen LogP contribution in [-0.2, 0) is 6.54 Å². The average Bonchev–Trinajstić information content (AvgIpc) is 2.88. The number of hydrogen-bond acceptors (Lipinski definition) is 4. The van der Waals surface area contributed by atoms with Crippen LogP contribution in [0.2, 0.25) is 5.02 Å². The molecule has 0 bridgehead atoms. The molecule has 1 saturated heterocycles. The Bertz CT molecular complexity index is 546. The minimum absolute atomic E-state index is 0.487. The third kappa shape index (κ3) is 3.08. The van der Waals surface area contributed by atoms with Gasteiger partial charge >= 0.3 is 0 Å². The van der Waals surface area contributed by atoms with Gasteiger partial charge in [0.2, 0.25) is 0 Å². The standard InChI is InChI=1S/C14H15ClN4/c15-13-5-11(6-17-7-13)9-19-4-1-12(10-19)14-8-16-2-3-18-14/h2-3,5-8,12H,1,4,9-10H2. The quantitative estimate of drug-likeness (QED) is 0.862. The number of nitrogens with zero attached hydrogens (tertiary/aromatic N) is 4. The summed E-state index contributed by atoms with van der Waals surface area (Å²) in [6, 6.07) is 1.98. The first-order valence-electron chi connectivity index (χ1n) is 6.39. The maximum Gasteiger partial charge on any atom is 0.0630 e. The Morgan fingerprint density at radius 3 is 2.95 bits per heavy atom. The lowest BCUT2D eigenvalue weighted by molar-refractivity contribution is 0.326. The van der Waals surface area contributed by atoms with Gasteiger partial charge in [-0.05, 0) is 24.6 Å². The van der Waals surface area contributed by atoms with E-state index >= 15 is 0 Å². The first-order chi connectivity index (χ1) is 9.31. The molecule has 4 nitrogen and oxygen atoms in total. The zero-order valence-corrected chi connectivity index (χ0v) is 11.3. The minimum atomic E-state index is 0.487. The summed E-state index contributed by atoms with van der Waals surface area (Å²) in [5.41, 5.74) is 2.25. The van der Waals surface area contributed by atoms with Crippen LogP contribution in [0.25, 0.3) is 0 Å². The van der Waals surface area contributed by atoms with Crippen molar-refractivity contribution in [3.8, 4) is 0 Å². The summed E-state index contributed by atoms with van der Waals surface area (Å²) in [7, 11) is 0. The molecule has 0 spiro atoms. The van der Waals surface area contributed by atoms with Crippen molar-refractivity contribution in [2.75, 3.05) is 13.1 Å². The highest BCUT2D eigenvalue weighted by atomic mass is 35.5. The molecule has 3 heterocycles. The van der Waals surface area contributed by atoms with E-state index in [0.717, 1.165) is 37.3 Å². The second-order valence-corrected chi connectivity index (χ2v) is 5.30. The number of rotatable bonds is 3. The number of halogens is 1. The minimum Gasteiger partial charge on any atom is -0.298 e. The molecule has 1 fully saturated rings. The zero-order valence-electron chi connectivity index (χ0n) is 10.5. The molecule has 2 aromatic rings. The normalized spacial score (nSPS) is 19.7. The molecular weight excluding hydrogens is 260 g/mol. The average molecular weight is 275 g/mol. The van der Waals surface area contributed by atoms with Crippen molar-refractivity contribution in [1.29, 1.82) is 0 Å². The van der Waals surface area contributed by atoms with Gasteiger partial charge in [0.1, 0.15) is 0 Å². The molecule has 0 aromatic carbocycles. The van der Waals surface area contributed by atoms with Gasteiger partial charge in [-0.2, -0.15) is 0 Å². The van der Waals surface area contributed by atoms with Crippen molar-refractivity contribution in [3.63, 3.8) is 0 Å². The van der Waals surface area contributed by atoms with Crippen molar-refractivity contribution < 1.29 is 0 Å².